The van der Waals surface area contributed by atoms with E-state index >= 15 is 0 Å². The lowest BCUT2D eigenvalue weighted by Crippen LogP contribution is -2.47. The first-order valence-electron chi connectivity index (χ1n) is 15.1. The first-order chi connectivity index (χ1) is 20.9. The van der Waals surface area contributed by atoms with Gasteiger partial charge in [-0.3, -0.25) is 9.59 Å². The average Bonchev–Trinajstić information content (AvgIpc) is 3.52. The van der Waals surface area contributed by atoms with Gasteiger partial charge in [-0.2, -0.15) is 0 Å². The van der Waals surface area contributed by atoms with E-state index < -0.39 is 5.41 Å². The van der Waals surface area contributed by atoms with E-state index in [-0.39, 0.29) is 29.6 Å². The van der Waals surface area contributed by atoms with Gasteiger partial charge in [-0.15, -0.1) is 11.3 Å². The van der Waals surface area contributed by atoms with E-state index in [4.69, 9.17) is 4.98 Å². The molecule has 4 aliphatic carbocycles. The van der Waals surface area contributed by atoms with Crippen molar-refractivity contribution < 1.29 is 9.59 Å². The van der Waals surface area contributed by atoms with Gasteiger partial charge in [0.25, 0.3) is 5.91 Å². The number of nitrogens with one attached hydrogen (secondary N) is 2. The fourth-order valence-electron chi connectivity index (χ4n) is 7.18. The molecule has 4 aromatic rings. The molecule has 1 heterocycles. The van der Waals surface area contributed by atoms with Gasteiger partial charge < -0.3 is 10.6 Å². The minimum Gasteiger partial charge on any atom is -0.351 e. The third kappa shape index (κ3) is 4.94. The summed E-state index contributed by atoms with van der Waals surface area (Å²) >= 11 is 1.41. The topological polar surface area (TPSA) is 71.1 Å². The van der Waals surface area contributed by atoms with Gasteiger partial charge in [-0.1, -0.05) is 85.8 Å². The van der Waals surface area contributed by atoms with Crippen LogP contribution in [0.5, 0.6) is 0 Å². The third-order valence-corrected chi connectivity index (χ3v) is 10.2. The maximum Gasteiger partial charge on any atom is 0.251 e. The van der Waals surface area contributed by atoms with Crippen LogP contribution in [0.1, 0.15) is 77.6 Å². The van der Waals surface area contributed by atoms with Gasteiger partial charge in [0.05, 0.1) is 11.1 Å². The summed E-state index contributed by atoms with van der Waals surface area (Å²) in [4.78, 5) is 31.8. The smallest absolute Gasteiger partial charge is 0.251 e. The lowest BCUT2D eigenvalue weighted by Gasteiger charge is -2.50. The van der Waals surface area contributed by atoms with Crippen molar-refractivity contribution in [1.29, 1.82) is 0 Å². The molecular formula is C37H35N3O2S. The first-order valence-corrected chi connectivity index (χ1v) is 16.0. The molecule has 0 saturated heterocycles. The van der Waals surface area contributed by atoms with E-state index in [0.717, 1.165) is 30.5 Å². The number of allylic oxidation sites excluding steroid dienone is 3. The number of carbonyl (C=O) groups is 2. The van der Waals surface area contributed by atoms with E-state index in [0.29, 0.717) is 17.2 Å². The number of anilines is 1. The summed E-state index contributed by atoms with van der Waals surface area (Å²) in [7, 11) is 0. The molecule has 2 unspecified atom stereocenters. The Bertz CT molecular complexity index is 1740. The highest BCUT2D eigenvalue weighted by Crippen LogP contribution is 2.61. The number of amides is 2. The summed E-state index contributed by atoms with van der Waals surface area (Å²) in [6, 6.07) is 24.7. The first kappa shape index (κ1) is 27.5. The predicted octanol–water partition coefficient (Wildman–Crippen LogP) is 8.08. The van der Waals surface area contributed by atoms with Crippen LogP contribution in [-0.4, -0.2) is 23.3 Å². The van der Waals surface area contributed by atoms with Crippen LogP contribution < -0.4 is 10.6 Å². The van der Waals surface area contributed by atoms with Gasteiger partial charge in [0.15, 0.2) is 5.13 Å². The number of rotatable bonds is 7. The molecule has 2 atom stereocenters. The van der Waals surface area contributed by atoms with E-state index in [1.807, 2.05) is 29.6 Å². The largest absolute Gasteiger partial charge is 0.351 e. The minimum absolute atomic E-state index is 0.00224. The van der Waals surface area contributed by atoms with Crippen molar-refractivity contribution >= 4 is 28.3 Å². The summed E-state index contributed by atoms with van der Waals surface area (Å²) in [6.07, 6.45) is 9.52. The zero-order valence-electron chi connectivity index (χ0n) is 24.5. The number of aromatic nitrogens is 1. The molecule has 6 heteroatoms. The molecule has 0 spiro atoms. The van der Waals surface area contributed by atoms with Crippen LogP contribution in [0.3, 0.4) is 0 Å². The van der Waals surface area contributed by atoms with Crippen molar-refractivity contribution in [3.8, 4) is 11.3 Å². The normalized spacial score (nSPS) is 22.2. The van der Waals surface area contributed by atoms with E-state index in [1.165, 1.54) is 39.2 Å². The molecule has 0 saturated carbocycles. The summed E-state index contributed by atoms with van der Waals surface area (Å²) in [5.41, 5.74) is 8.06. The SMILES string of the molecule is CC(CNC(=O)c1cccc(-c2csc(NC(=O)C3(C)CC4c5ccccc5C3c3ccccc34)n2)c1)C1=CCCC=C1. The Balaban J connectivity index is 1.07. The Kier molecular flexibility index (Phi) is 7.10. The summed E-state index contributed by atoms with van der Waals surface area (Å²) < 4.78 is 0. The van der Waals surface area contributed by atoms with Crippen LogP contribution in [0.25, 0.3) is 11.3 Å². The highest BCUT2D eigenvalue weighted by Gasteiger charge is 2.54. The number of fused-ring (bicyclic) bond motifs is 1. The second kappa shape index (κ2) is 11.1. The third-order valence-electron chi connectivity index (χ3n) is 9.46. The van der Waals surface area contributed by atoms with Crippen molar-refractivity contribution in [1.82, 2.24) is 10.3 Å². The van der Waals surface area contributed by atoms with E-state index in [9.17, 15) is 9.59 Å². The molecule has 0 radical (unpaired) electrons. The van der Waals surface area contributed by atoms with Crippen molar-refractivity contribution in [3.63, 3.8) is 0 Å². The monoisotopic (exact) mass is 585 g/mol. The minimum atomic E-state index is -0.599. The van der Waals surface area contributed by atoms with Crippen molar-refractivity contribution in [2.45, 2.75) is 44.9 Å². The highest BCUT2D eigenvalue weighted by atomic mass is 32.1. The van der Waals surface area contributed by atoms with E-state index in [1.54, 1.807) is 0 Å². The number of hydrogen-bond acceptors (Lipinski definition) is 4. The van der Waals surface area contributed by atoms with Crippen LogP contribution in [0.15, 0.2) is 102 Å². The molecule has 2 bridgehead atoms. The van der Waals surface area contributed by atoms with Crippen molar-refractivity contribution in [2.75, 3.05) is 11.9 Å². The second-order valence-corrected chi connectivity index (χ2v) is 13.1. The Morgan fingerprint density at radius 2 is 1.70 bits per heavy atom. The molecule has 8 rings (SSSR count). The Morgan fingerprint density at radius 1 is 0.977 bits per heavy atom. The molecule has 0 aliphatic heterocycles. The standard InChI is InChI=1S/C37H35N3O2S/c1-23(24-11-4-3-5-12-24)21-38-34(41)26-14-10-13-25(19-26)32-22-43-36(39-32)40-35(42)37(2)20-31-27-15-6-8-17-29(27)33(37)30-18-9-7-16-28(30)31/h4,6-19,22-23,31,33H,3,5,20-21H2,1-2H3,(H,38,41)(H,39,40,42). The van der Waals surface area contributed by atoms with Crippen LogP contribution in [0.2, 0.25) is 0 Å². The maximum absolute atomic E-state index is 14.0. The fourth-order valence-corrected chi connectivity index (χ4v) is 7.89. The number of benzene rings is 3. The molecule has 2 N–H and O–H groups in total. The Morgan fingerprint density at radius 3 is 2.40 bits per heavy atom. The van der Waals surface area contributed by atoms with Crippen LogP contribution in [-0.2, 0) is 4.79 Å². The molecule has 0 fully saturated rings. The molecule has 3 aromatic carbocycles. The number of nitrogens with zero attached hydrogens (tertiary/aromatic N) is 1. The van der Waals surface area contributed by atoms with Gasteiger partial charge >= 0.3 is 0 Å². The lowest BCUT2D eigenvalue weighted by molar-refractivity contribution is -0.126. The zero-order valence-corrected chi connectivity index (χ0v) is 25.3. The van der Waals surface area contributed by atoms with Crippen LogP contribution in [0.4, 0.5) is 5.13 Å². The molecule has 216 valence electrons. The maximum atomic E-state index is 14.0. The van der Waals surface area contributed by atoms with Crippen molar-refractivity contribution in [2.24, 2.45) is 11.3 Å². The number of thiazole rings is 1. The molecule has 2 amide bonds. The van der Waals surface area contributed by atoms with Gasteiger partial charge in [-0.05, 0) is 72.1 Å². The fraction of sp³-hybridized carbons (Fsp3) is 0.270. The average molecular weight is 586 g/mol. The molecule has 4 aliphatic rings. The predicted molar refractivity (Wildman–Crippen MR) is 173 cm³/mol. The number of hydrogen-bond donors (Lipinski definition) is 2. The zero-order chi connectivity index (χ0) is 29.6. The Labute approximate surface area is 256 Å². The van der Waals surface area contributed by atoms with Gasteiger partial charge in [0.2, 0.25) is 5.91 Å². The summed E-state index contributed by atoms with van der Waals surface area (Å²) in [5, 5.41) is 8.77. The number of carbonyl (C=O) groups excluding carboxylic acids is 2. The van der Waals surface area contributed by atoms with Gasteiger partial charge in [0.1, 0.15) is 0 Å². The molecule has 5 nitrogen and oxygen atoms in total. The quantitative estimate of drug-likeness (QED) is 0.230. The Hall–Kier alpha value is -4.29. The molecule has 43 heavy (non-hydrogen) atoms. The second-order valence-electron chi connectivity index (χ2n) is 12.2. The molecular weight excluding hydrogens is 550 g/mol. The van der Waals surface area contributed by atoms with Gasteiger partial charge in [0, 0.05) is 34.9 Å². The van der Waals surface area contributed by atoms with Gasteiger partial charge in [-0.25, -0.2) is 4.98 Å². The lowest BCUT2D eigenvalue weighted by atomic mass is 9.52. The van der Waals surface area contributed by atoms with Crippen LogP contribution >= 0.6 is 11.3 Å². The van der Waals surface area contributed by atoms with Crippen LogP contribution in [0, 0.1) is 11.3 Å². The van der Waals surface area contributed by atoms with E-state index in [2.05, 4.69) is 91.2 Å². The highest BCUT2D eigenvalue weighted by molar-refractivity contribution is 7.14. The molecule has 1 aromatic heterocycles. The summed E-state index contributed by atoms with van der Waals surface area (Å²) in [5.74, 6) is 0.355. The summed E-state index contributed by atoms with van der Waals surface area (Å²) in [6.45, 7) is 4.83. The van der Waals surface area contributed by atoms with Crippen molar-refractivity contribution in [3.05, 3.63) is 130 Å².